The van der Waals surface area contributed by atoms with E-state index in [-0.39, 0.29) is 44.4 Å². The van der Waals surface area contributed by atoms with E-state index in [0.717, 1.165) is 6.08 Å². The van der Waals surface area contributed by atoms with E-state index in [4.69, 9.17) is 5.11 Å². The molecule has 0 aliphatic heterocycles. The molecule has 0 aliphatic carbocycles. The van der Waals surface area contributed by atoms with Crippen molar-refractivity contribution in [2.75, 3.05) is 26.4 Å². The van der Waals surface area contributed by atoms with E-state index in [0.29, 0.717) is 19.3 Å². The van der Waals surface area contributed by atoms with Gasteiger partial charge in [0.2, 0.25) is 5.91 Å². The summed E-state index contributed by atoms with van der Waals surface area (Å²) in [5.41, 5.74) is 0. The third kappa shape index (κ3) is 26.9. The van der Waals surface area contributed by atoms with Gasteiger partial charge in [-0.05, 0) is 54.3 Å². The van der Waals surface area contributed by atoms with Crippen LogP contribution in [0.3, 0.4) is 0 Å². The molecule has 0 saturated heterocycles. The van der Waals surface area contributed by atoms with Crippen molar-refractivity contribution in [3.63, 3.8) is 0 Å². The maximum Gasteiger partial charge on any atom is 0.417 e. The summed E-state index contributed by atoms with van der Waals surface area (Å²) in [6.07, 6.45) is 4.98. The molecule has 13 heteroatoms. The van der Waals surface area contributed by atoms with Gasteiger partial charge in [0.1, 0.15) is 6.61 Å². The molecule has 0 radical (unpaired) electrons. The maximum absolute atomic E-state index is 11.1. The predicted octanol–water partition coefficient (Wildman–Crippen LogP) is 0.941. The zero-order valence-corrected chi connectivity index (χ0v) is 19.9. The molecule has 0 aromatic rings. The Bertz CT molecular complexity index is 700. The topological polar surface area (TPSA) is 170 Å². The minimum Gasteiger partial charge on any atom is -0.457 e. The van der Waals surface area contributed by atoms with E-state index in [9.17, 15) is 33.6 Å². The zero-order valence-electron chi connectivity index (χ0n) is 18.4. The summed E-state index contributed by atoms with van der Waals surface area (Å²) in [6.45, 7) is 9.76. The van der Waals surface area contributed by atoms with Crippen LogP contribution in [0, 0.1) is 0 Å². The summed E-state index contributed by atoms with van der Waals surface area (Å²) in [7, 11) is 0. The molecule has 1 amide bonds. The van der Waals surface area contributed by atoms with Crippen molar-refractivity contribution in [1.29, 1.82) is 0 Å². The van der Waals surface area contributed by atoms with Gasteiger partial charge >= 0.3 is 22.4 Å². The van der Waals surface area contributed by atoms with Crippen LogP contribution < -0.4 is 5.32 Å². The minimum atomic E-state index is -1.15. The van der Waals surface area contributed by atoms with Gasteiger partial charge in [-0.15, -0.1) is 0 Å². The average molecular weight is 524 g/mol. The van der Waals surface area contributed by atoms with Crippen LogP contribution in [0.25, 0.3) is 0 Å². The highest BCUT2D eigenvalue weighted by Crippen LogP contribution is 1.94. The molecule has 11 nitrogen and oxygen atoms in total. The number of hydrogen-bond acceptors (Lipinski definition) is 10. The van der Waals surface area contributed by atoms with E-state index in [1.807, 2.05) is 0 Å². The van der Waals surface area contributed by atoms with Gasteiger partial charge in [0, 0.05) is 19.4 Å². The van der Waals surface area contributed by atoms with E-state index < -0.39 is 28.3 Å². The third-order valence-corrected chi connectivity index (χ3v) is 3.42. The Hall–Kier alpha value is -3.15. The molecule has 0 spiro atoms. The first-order valence-corrected chi connectivity index (χ1v) is 10.3. The van der Waals surface area contributed by atoms with Gasteiger partial charge in [-0.2, -0.15) is 0 Å². The first-order valence-electron chi connectivity index (χ1n) is 9.51. The monoisotopic (exact) mass is 523 g/mol. The van der Waals surface area contributed by atoms with Crippen molar-refractivity contribution in [3.05, 3.63) is 38.0 Å². The molecule has 0 aliphatic rings. The zero-order chi connectivity index (χ0) is 26.9. The van der Waals surface area contributed by atoms with E-state index in [1.165, 1.54) is 12.2 Å². The van der Waals surface area contributed by atoms with Crippen LogP contribution in [0.2, 0.25) is 0 Å². The van der Waals surface area contributed by atoms with E-state index in [1.54, 1.807) is 0 Å². The van der Waals surface area contributed by atoms with E-state index in [2.05, 4.69) is 57.7 Å². The number of aliphatic hydroxyl groups excluding tert-OH is 1. The summed E-state index contributed by atoms with van der Waals surface area (Å²) in [5, 5.41) is 8.30. The summed E-state index contributed by atoms with van der Waals surface area (Å²) >= 11 is 8.98. The quantitative estimate of drug-likeness (QED) is 0.110. The highest BCUT2D eigenvalue weighted by Gasteiger charge is 2.16. The number of amides is 1. The number of nitrogens with one attached hydrogen (secondary N) is 1. The average Bonchev–Trinajstić information content (AvgIpc) is 2.82. The third-order valence-electron chi connectivity index (χ3n) is 2.98. The van der Waals surface area contributed by atoms with Gasteiger partial charge in [-0.1, -0.05) is 19.7 Å². The first-order chi connectivity index (χ1) is 16.0. The molecular weight excluding hydrogens is 497 g/mol. The number of hydrogen-bond donors (Lipinski definition) is 2. The summed E-state index contributed by atoms with van der Waals surface area (Å²) in [6, 6.07) is 0. The first kappa shape index (κ1) is 35.4. The number of halogens is 2. The molecule has 0 fully saturated rings. The molecule has 0 rings (SSSR count). The number of ketones is 2. The number of allylic oxidation sites excluding steroid dienone is 2. The van der Waals surface area contributed by atoms with Crippen LogP contribution in [-0.4, -0.2) is 71.4 Å². The predicted molar refractivity (Wildman–Crippen MR) is 123 cm³/mol. The van der Waals surface area contributed by atoms with Crippen molar-refractivity contribution in [2.45, 2.75) is 25.7 Å². The molecule has 0 aromatic carbocycles. The maximum atomic E-state index is 11.1. The minimum absolute atomic E-state index is 0.000880. The lowest BCUT2D eigenvalue weighted by atomic mass is 10.2. The van der Waals surface area contributed by atoms with Crippen LogP contribution >= 0.6 is 23.2 Å². The van der Waals surface area contributed by atoms with Gasteiger partial charge in [-0.3, -0.25) is 24.0 Å². The number of aliphatic hydroxyl groups is 1. The second-order valence-corrected chi connectivity index (χ2v) is 6.27. The Morgan fingerprint density at radius 2 is 1.18 bits per heavy atom. The SMILES string of the molecule is C=CC(=O)CCCO.C=CC(=O)CCCOC(=O)C(=O)OCCNC(=O)C=C.O=C(Cl)C(=O)Cl. The smallest absolute Gasteiger partial charge is 0.417 e. The summed E-state index contributed by atoms with van der Waals surface area (Å²) in [5.74, 6) is -2.85. The van der Waals surface area contributed by atoms with Crippen molar-refractivity contribution in [1.82, 2.24) is 5.32 Å². The standard InChI is InChI=1S/C13H17NO6.C6H10O2.C2Cl2O2/c1-3-10(15)6-5-8-19-12(17)13(18)20-9-7-14-11(16)4-2;1-2-6(8)4-3-5-7;3-1(5)2(4)6/h3-4H,1-2,5-9H2,(H,14,16);2,7H,1,3-5H2;. The molecular formula is C21H27Cl2NO10. The largest absolute Gasteiger partial charge is 0.457 e. The molecule has 0 unspecified atom stereocenters. The van der Waals surface area contributed by atoms with Crippen LogP contribution in [-0.2, 0) is 43.0 Å². The summed E-state index contributed by atoms with van der Waals surface area (Å²) < 4.78 is 9.15. The van der Waals surface area contributed by atoms with Crippen molar-refractivity contribution in [2.24, 2.45) is 0 Å². The number of carbonyl (C=O) groups excluding carboxylic acids is 7. The Balaban J connectivity index is -0.000000560. The fourth-order valence-electron chi connectivity index (χ4n) is 1.38. The van der Waals surface area contributed by atoms with Crippen molar-refractivity contribution in [3.8, 4) is 0 Å². The molecule has 34 heavy (non-hydrogen) atoms. The number of esters is 2. The van der Waals surface area contributed by atoms with Gasteiger partial charge in [-0.25, -0.2) is 9.59 Å². The van der Waals surface area contributed by atoms with Gasteiger partial charge in [0.05, 0.1) is 13.2 Å². The molecule has 2 N–H and O–H groups in total. The summed E-state index contributed by atoms with van der Waals surface area (Å²) in [4.78, 5) is 73.1. The fraction of sp³-hybridized carbons (Fsp3) is 0.381. The molecule has 0 aromatic heterocycles. The van der Waals surface area contributed by atoms with Crippen LogP contribution in [0.5, 0.6) is 0 Å². The highest BCUT2D eigenvalue weighted by atomic mass is 35.5. The van der Waals surface area contributed by atoms with Crippen LogP contribution in [0.15, 0.2) is 38.0 Å². The normalized spacial score (nSPS) is 8.79. The second-order valence-electron chi connectivity index (χ2n) is 5.59. The lowest BCUT2D eigenvalue weighted by Crippen LogP contribution is -2.28. The molecule has 0 saturated carbocycles. The lowest BCUT2D eigenvalue weighted by molar-refractivity contribution is -0.167. The van der Waals surface area contributed by atoms with Crippen LogP contribution in [0.4, 0.5) is 0 Å². The van der Waals surface area contributed by atoms with Crippen molar-refractivity contribution < 1.29 is 48.1 Å². The number of rotatable bonds is 14. The Labute approximate surface area is 206 Å². The lowest BCUT2D eigenvalue weighted by Gasteiger charge is -2.05. The van der Waals surface area contributed by atoms with Crippen LogP contribution in [0.1, 0.15) is 25.7 Å². The van der Waals surface area contributed by atoms with E-state index >= 15 is 0 Å². The number of carbonyl (C=O) groups is 7. The van der Waals surface area contributed by atoms with Gasteiger partial charge < -0.3 is 19.9 Å². The molecule has 0 bridgehead atoms. The second kappa shape index (κ2) is 24.5. The van der Waals surface area contributed by atoms with Crippen molar-refractivity contribution >= 4 is 63.1 Å². The van der Waals surface area contributed by atoms with Gasteiger partial charge in [0.15, 0.2) is 11.6 Å². The number of ether oxygens (including phenoxy) is 2. The Kier molecular flexibility index (Phi) is 25.5. The Morgan fingerprint density at radius 1 is 0.735 bits per heavy atom. The van der Waals surface area contributed by atoms with Gasteiger partial charge in [0.25, 0.3) is 0 Å². The molecule has 190 valence electrons. The highest BCUT2D eigenvalue weighted by molar-refractivity contribution is 6.97. The Morgan fingerprint density at radius 3 is 1.56 bits per heavy atom. The molecule has 0 heterocycles. The molecule has 0 atom stereocenters. The fourth-order valence-corrected chi connectivity index (χ4v) is 1.38.